The van der Waals surface area contributed by atoms with Crippen LogP contribution >= 0.6 is 0 Å². The zero-order valence-electron chi connectivity index (χ0n) is 17.0. The van der Waals surface area contributed by atoms with Gasteiger partial charge in [0.15, 0.2) is 0 Å². The number of hydrogen-bond donors (Lipinski definition) is 0. The van der Waals surface area contributed by atoms with E-state index in [4.69, 9.17) is 0 Å². The van der Waals surface area contributed by atoms with Gasteiger partial charge in [0.2, 0.25) is 15.9 Å². The molecule has 2 unspecified atom stereocenters. The number of rotatable bonds is 5. The van der Waals surface area contributed by atoms with Crippen molar-refractivity contribution in [1.29, 1.82) is 0 Å². The Morgan fingerprint density at radius 1 is 1.19 bits per heavy atom. The van der Waals surface area contributed by atoms with Crippen molar-refractivity contribution in [3.05, 3.63) is 0 Å². The third-order valence-corrected chi connectivity index (χ3v) is 9.38. The highest BCUT2D eigenvalue weighted by Crippen LogP contribution is 2.64. The summed E-state index contributed by atoms with van der Waals surface area (Å²) in [6, 6.07) is 0. The van der Waals surface area contributed by atoms with E-state index in [0.717, 1.165) is 6.42 Å². The predicted molar refractivity (Wildman–Crippen MR) is 104 cm³/mol. The van der Waals surface area contributed by atoms with E-state index in [-0.39, 0.29) is 22.9 Å². The highest BCUT2D eigenvalue weighted by Gasteiger charge is 2.65. The fourth-order valence-electron chi connectivity index (χ4n) is 5.23. The molecule has 1 amide bonds. The number of carbonyl (C=O) groups excluding carboxylic acids is 2. The van der Waals surface area contributed by atoms with Crippen LogP contribution in [-0.4, -0.2) is 86.8 Å². The fourth-order valence-corrected chi connectivity index (χ4v) is 7.48. The van der Waals surface area contributed by atoms with Crippen molar-refractivity contribution in [2.75, 3.05) is 52.6 Å². The molecule has 2 bridgehead atoms. The first-order chi connectivity index (χ1) is 12.5. The topological polar surface area (TPSA) is 78.0 Å². The number of nitrogens with zero attached hydrogens (tertiary/aromatic N) is 3. The molecule has 3 rings (SSSR count). The highest BCUT2D eigenvalue weighted by atomic mass is 32.2. The third kappa shape index (κ3) is 3.56. The molecule has 7 nitrogen and oxygen atoms in total. The van der Waals surface area contributed by atoms with Crippen LogP contribution in [0.25, 0.3) is 0 Å². The summed E-state index contributed by atoms with van der Waals surface area (Å²) in [6.07, 6.45) is 2.88. The van der Waals surface area contributed by atoms with Gasteiger partial charge in [-0.1, -0.05) is 13.8 Å². The number of likely N-dealkylation sites (N-methyl/N-ethyl adjacent to an activating group) is 1. The molecule has 8 heteroatoms. The van der Waals surface area contributed by atoms with E-state index in [0.29, 0.717) is 57.9 Å². The SMILES string of the molecule is CN(C)C(=O)CN1CCCN(S(=O)(=O)CC23CCC(CC2=O)C3(C)C)CC1. The lowest BCUT2D eigenvalue weighted by atomic mass is 9.70. The Labute approximate surface area is 163 Å². The van der Waals surface area contributed by atoms with Gasteiger partial charge in [-0.2, -0.15) is 0 Å². The van der Waals surface area contributed by atoms with E-state index in [1.54, 1.807) is 23.3 Å². The van der Waals surface area contributed by atoms with Gasteiger partial charge in [0.1, 0.15) is 5.78 Å². The van der Waals surface area contributed by atoms with Crippen molar-refractivity contribution < 1.29 is 18.0 Å². The van der Waals surface area contributed by atoms with Gasteiger partial charge >= 0.3 is 0 Å². The zero-order valence-corrected chi connectivity index (χ0v) is 17.8. The Morgan fingerprint density at radius 3 is 2.44 bits per heavy atom. The van der Waals surface area contributed by atoms with E-state index < -0.39 is 15.4 Å². The molecule has 3 fully saturated rings. The molecule has 0 radical (unpaired) electrons. The molecule has 1 saturated heterocycles. The van der Waals surface area contributed by atoms with Crippen molar-refractivity contribution in [3.63, 3.8) is 0 Å². The van der Waals surface area contributed by atoms with E-state index in [9.17, 15) is 18.0 Å². The lowest BCUT2D eigenvalue weighted by Gasteiger charge is -2.37. The first-order valence-electron chi connectivity index (χ1n) is 9.93. The predicted octanol–water partition coefficient (Wildman–Crippen LogP) is 0.808. The molecule has 2 saturated carbocycles. The number of hydrogen-bond acceptors (Lipinski definition) is 5. The lowest BCUT2D eigenvalue weighted by molar-refractivity contribution is -0.130. The number of amides is 1. The maximum Gasteiger partial charge on any atom is 0.236 e. The van der Waals surface area contributed by atoms with Crippen LogP contribution in [0.4, 0.5) is 0 Å². The molecule has 0 N–H and O–H groups in total. The standard InChI is InChI=1S/C19H33N3O4S/c1-18(2)15-6-7-19(18,16(23)12-15)14-27(25,26)22-9-5-8-21(10-11-22)13-17(24)20(3)4/h15H,5-14H2,1-4H3. The van der Waals surface area contributed by atoms with E-state index in [1.807, 2.05) is 4.90 Å². The number of carbonyl (C=O) groups is 2. The quantitative estimate of drug-likeness (QED) is 0.684. The molecular weight excluding hydrogens is 366 g/mol. The second-order valence-electron chi connectivity index (χ2n) is 9.24. The largest absolute Gasteiger partial charge is 0.348 e. The maximum atomic E-state index is 13.2. The normalized spacial score (nSPS) is 31.9. The summed E-state index contributed by atoms with van der Waals surface area (Å²) in [5.41, 5.74) is -0.962. The minimum Gasteiger partial charge on any atom is -0.348 e. The Hall–Kier alpha value is -0.990. The van der Waals surface area contributed by atoms with Crippen LogP contribution in [0.3, 0.4) is 0 Å². The number of ketones is 1. The van der Waals surface area contributed by atoms with Crippen LogP contribution in [0, 0.1) is 16.7 Å². The van der Waals surface area contributed by atoms with E-state index in [2.05, 4.69) is 13.8 Å². The molecule has 0 aromatic heterocycles. The summed E-state index contributed by atoms with van der Waals surface area (Å²) in [7, 11) is -0.0604. The van der Waals surface area contributed by atoms with Crippen LogP contribution in [0.5, 0.6) is 0 Å². The van der Waals surface area contributed by atoms with Gasteiger partial charge in [-0.05, 0) is 37.1 Å². The molecule has 3 aliphatic rings. The van der Waals surface area contributed by atoms with Gasteiger partial charge in [0.25, 0.3) is 0 Å². The average molecular weight is 400 g/mol. The molecule has 154 valence electrons. The number of Topliss-reactive ketones (excluding diaryl/α,β-unsaturated/α-hetero) is 1. The summed E-state index contributed by atoms with van der Waals surface area (Å²) < 4.78 is 28.0. The fraction of sp³-hybridized carbons (Fsp3) is 0.895. The van der Waals surface area contributed by atoms with Crippen molar-refractivity contribution in [1.82, 2.24) is 14.1 Å². The zero-order chi connectivity index (χ0) is 20.0. The molecule has 27 heavy (non-hydrogen) atoms. The maximum absolute atomic E-state index is 13.2. The molecule has 2 atom stereocenters. The van der Waals surface area contributed by atoms with Gasteiger partial charge < -0.3 is 4.90 Å². The average Bonchev–Trinajstić information content (AvgIpc) is 2.81. The van der Waals surface area contributed by atoms with Crippen LogP contribution < -0.4 is 0 Å². The van der Waals surface area contributed by atoms with Crippen LogP contribution in [0.1, 0.15) is 39.5 Å². The third-order valence-electron chi connectivity index (χ3n) is 7.37. The molecule has 1 aliphatic heterocycles. The first-order valence-corrected chi connectivity index (χ1v) is 11.5. The summed E-state index contributed by atoms with van der Waals surface area (Å²) in [5.74, 6) is 0.427. The second-order valence-corrected chi connectivity index (χ2v) is 11.2. The second kappa shape index (κ2) is 7.12. The van der Waals surface area contributed by atoms with E-state index >= 15 is 0 Å². The van der Waals surface area contributed by atoms with Gasteiger partial charge in [-0.25, -0.2) is 12.7 Å². The minimum atomic E-state index is -3.52. The summed E-state index contributed by atoms with van der Waals surface area (Å²) in [6.45, 7) is 6.57. The van der Waals surface area contributed by atoms with Crippen molar-refractivity contribution in [3.8, 4) is 0 Å². The smallest absolute Gasteiger partial charge is 0.236 e. The van der Waals surface area contributed by atoms with Crippen molar-refractivity contribution >= 4 is 21.7 Å². The molecule has 0 aromatic carbocycles. The Bertz CT molecular complexity index is 718. The number of fused-ring (bicyclic) bond motifs is 2. The Morgan fingerprint density at radius 2 is 1.89 bits per heavy atom. The van der Waals surface area contributed by atoms with E-state index in [1.165, 1.54) is 0 Å². The minimum absolute atomic E-state index is 0.0282. The van der Waals surface area contributed by atoms with Gasteiger partial charge in [-0.15, -0.1) is 0 Å². The Kier molecular flexibility index (Phi) is 5.47. The summed E-state index contributed by atoms with van der Waals surface area (Å²) >= 11 is 0. The molecule has 0 aromatic rings. The molecule has 2 aliphatic carbocycles. The first kappa shape index (κ1) is 20.7. The van der Waals surface area contributed by atoms with Gasteiger partial charge in [-0.3, -0.25) is 14.5 Å². The highest BCUT2D eigenvalue weighted by molar-refractivity contribution is 7.89. The van der Waals surface area contributed by atoms with Crippen molar-refractivity contribution in [2.45, 2.75) is 39.5 Å². The molecular formula is C19H33N3O4S. The Balaban J connectivity index is 1.69. The van der Waals surface area contributed by atoms with Crippen LogP contribution in [-0.2, 0) is 19.6 Å². The van der Waals surface area contributed by atoms with Gasteiger partial charge in [0, 0.05) is 45.6 Å². The van der Waals surface area contributed by atoms with Crippen LogP contribution in [0.15, 0.2) is 0 Å². The summed E-state index contributed by atoms with van der Waals surface area (Å²) in [5, 5.41) is 0. The number of sulfonamides is 1. The molecule has 1 heterocycles. The van der Waals surface area contributed by atoms with Crippen molar-refractivity contribution in [2.24, 2.45) is 16.7 Å². The lowest BCUT2D eigenvalue weighted by Crippen LogP contribution is -2.47. The van der Waals surface area contributed by atoms with Gasteiger partial charge in [0.05, 0.1) is 12.3 Å². The monoisotopic (exact) mass is 399 g/mol. The van der Waals surface area contributed by atoms with Crippen LogP contribution in [0.2, 0.25) is 0 Å². The molecule has 0 spiro atoms. The summed E-state index contributed by atoms with van der Waals surface area (Å²) in [4.78, 5) is 28.2.